The molecule has 1 rings (SSSR count). The summed E-state index contributed by atoms with van der Waals surface area (Å²) in [6, 6.07) is -0.121. The zero-order valence-electron chi connectivity index (χ0n) is 8.17. The van der Waals surface area contributed by atoms with Crippen molar-refractivity contribution in [2.45, 2.75) is 25.8 Å². The second-order valence-electron chi connectivity index (χ2n) is 2.85. The van der Waals surface area contributed by atoms with Gasteiger partial charge in [-0.3, -0.25) is 0 Å². The molecule has 0 spiro atoms. The first-order valence-electron chi connectivity index (χ1n) is 4.45. The van der Waals surface area contributed by atoms with Crippen molar-refractivity contribution in [1.82, 2.24) is 15.0 Å². The molecule has 1 N–H and O–H groups in total. The maximum atomic E-state index is 5.62. The van der Waals surface area contributed by atoms with Crippen molar-refractivity contribution >= 4 is 29.2 Å². The third kappa shape index (κ3) is 3.90. The average Bonchev–Trinajstić information content (AvgIpc) is 2.15. The molecule has 1 atom stereocenters. The molecule has 0 bridgehead atoms. The third-order valence-corrected chi connectivity index (χ3v) is 2.00. The standard InChI is InChI=1S/C9H10Cl2N4/c1-3-5-6(4-2)12-9-14-7(10)13-8(11)15-9/h2,6H,3,5H2,1H3,(H,12,13,14,15). The van der Waals surface area contributed by atoms with Crippen molar-refractivity contribution in [1.29, 1.82) is 0 Å². The zero-order chi connectivity index (χ0) is 11.3. The second-order valence-corrected chi connectivity index (χ2v) is 3.53. The Morgan fingerprint density at radius 2 is 1.93 bits per heavy atom. The number of terminal acetylenes is 1. The molecule has 15 heavy (non-hydrogen) atoms. The Bertz CT molecular complexity index is 355. The Balaban J connectivity index is 2.75. The van der Waals surface area contributed by atoms with Gasteiger partial charge < -0.3 is 5.32 Å². The lowest BCUT2D eigenvalue weighted by molar-refractivity contribution is 0.747. The number of hydrogen-bond acceptors (Lipinski definition) is 4. The average molecular weight is 245 g/mol. The first kappa shape index (κ1) is 12.0. The van der Waals surface area contributed by atoms with Gasteiger partial charge in [-0.1, -0.05) is 19.3 Å². The van der Waals surface area contributed by atoms with E-state index in [0.29, 0.717) is 5.95 Å². The van der Waals surface area contributed by atoms with Crippen molar-refractivity contribution in [2.75, 3.05) is 5.32 Å². The summed E-state index contributed by atoms with van der Waals surface area (Å²) in [7, 11) is 0. The van der Waals surface area contributed by atoms with Gasteiger partial charge in [0.05, 0.1) is 6.04 Å². The van der Waals surface area contributed by atoms with Crippen LogP contribution in [-0.2, 0) is 0 Å². The van der Waals surface area contributed by atoms with Crippen LogP contribution in [0.4, 0.5) is 5.95 Å². The van der Waals surface area contributed by atoms with Crippen LogP contribution in [0.15, 0.2) is 0 Å². The number of rotatable bonds is 4. The summed E-state index contributed by atoms with van der Waals surface area (Å²) < 4.78 is 0. The summed E-state index contributed by atoms with van der Waals surface area (Å²) in [6.45, 7) is 2.04. The predicted octanol–water partition coefficient (Wildman–Crippen LogP) is 2.39. The summed E-state index contributed by atoms with van der Waals surface area (Å²) in [4.78, 5) is 11.3. The van der Waals surface area contributed by atoms with E-state index in [2.05, 4.69) is 26.2 Å². The van der Waals surface area contributed by atoms with Gasteiger partial charge in [0, 0.05) is 0 Å². The molecule has 1 aromatic rings. The van der Waals surface area contributed by atoms with E-state index in [-0.39, 0.29) is 16.6 Å². The fourth-order valence-corrected chi connectivity index (χ4v) is 1.40. The molecule has 4 nitrogen and oxygen atoms in total. The number of halogens is 2. The molecule has 0 saturated carbocycles. The number of nitrogens with one attached hydrogen (secondary N) is 1. The van der Waals surface area contributed by atoms with Crippen molar-refractivity contribution < 1.29 is 0 Å². The summed E-state index contributed by atoms with van der Waals surface area (Å²) in [6.07, 6.45) is 7.13. The highest BCUT2D eigenvalue weighted by Crippen LogP contribution is 2.11. The Morgan fingerprint density at radius 3 is 2.40 bits per heavy atom. The Kier molecular flexibility index (Phi) is 4.60. The molecule has 0 fully saturated rings. The van der Waals surface area contributed by atoms with E-state index >= 15 is 0 Å². The van der Waals surface area contributed by atoms with E-state index in [1.54, 1.807) is 0 Å². The fourth-order valence-electron chi connectivity index (χ4n) is 1.03. The van der Waals surface area contributed by atoms with E-state index in [1.807, 2.05) is 6.92 Å². The number of anilines is 1. The molecule has 1 aromatic heterocycles. The SMILES string of the molecule is C#CC(CCC)Nc1nc(Cl)nc(Cl)n1. The quantitative estimate of drug-likeness (QED) is 0.827. The minimum absolute atomic E-state index is 0.0461. The molecule has 0 aromatic carbocycles. The molecule has 0 saturated heterocycles. The molecule has 6 heteroatoms. The Labute approximate surface area is 98.4 Å². The van der Waals surface area contributed by atoms with E-state index in [1.165, 1.54) is 0 Å². The van der Waals surface area contributed by atoms with Crippen LogP contribution in [-0.4, -0.2) is 21.0 Å². The lowest BCUT2D eigenvalue weighted by atomic mass is 10.2. The van der Waals surface area contributed by atoms with Crippen LogP contribution in [0, 0.1) is 12.3 Å². The molecule has 0 amide bonds. The van der Waals surface area contributed by atoms with Crippen molar-refractivity contribution in [3.05, 3.63) is 10.6 Å². The Hall–Kier alpha value is -1.05. The van der Waals surface area contributed by atoms with Gasteiger partial charge in [-0.05, 0) is 29.6 Å². The molecule has 0 radical (unpaired) electrons. The lowest BCUT2D eigenvalue weighted by Crippen LogP contribution is -2.18. The lowest BCUT2D eigenvalue weighted by Gasteiger charge is -2.11. The van der Waals surface area contributed by atoms with Crippen LogP contribution in [0.2, 0.25) is 10.6 Å². The summed E-state index contributed by atoms with van der Waals surface area (Å²) in [5.74, 6) is 2.89. The van der Waals surface area contributed by atoms with Gasteiger partial charge in [-0.15, -0.1) is 6.42 Å². The molecular weight excluding hydrogens is 235 g/mol. The van der Waals surface area contributed by atoms with Crippen LogP contribution in [0.25, 0.3) is 0 Å². The Morgan fingerprint density at radius 1 is 1.33 bits per heavy atom. The zero-order valence-corrected chi connectivity index (χ0v) is 9.68. The van der Waals surface area contributed by atoms with Gasteiger partial charge in [0.15, 0.2) is 0 Å². The van der Waals surface area contributed by atoms with Crippen LogP contribution in [0.3, 0.4) is 0 Å². The molecule has 0 aliphatic carbocycles. The summed E-state index contributed by atoms with van der Waals surface area (Å²) in [5.41, 5.74) is 0. The molecule has 80 valence electrons. The molecule has 0 aliphatic heterocycles. The smallest absolute Gasteiger partial charge is 0.229 e. The minimum atomic E-state index is -0.121. The minimum Gasteiger partial charge on any atom is -0.340 e. The van der Waals surface area contributed by atoms with Crippen LogP contribution in [0.5, 0.6) is 0 Å². The van der Waals surface area contributed by atoms with E-state index in [4.69, 9.17) is 29.6 Å². The third-order valence-electron chi connectivity index (χ3n) is 1.66. The van der Waals surface area contributed by atoms with Gasteiger partial charge >= 0.3 is 0 Å². The van der Waals surface area contributed by atoms with Crippen molar-refractivity contribution in [2.24, 2.45) is 0 Å². The predicted molar refractivity (Wildman–Crippen MR) is 61.0 cm³/mol. The van der Waals surface area contributed by atoms with Crippen LogP contribution < -0.4 is 5.32 Å². The topological polar surface area (TPSA) is 50.7 Å². The highest BCUT2D eigenvalue weighted by atomic mass is 35.5. The van der Waals surface area contributed by atoms with E-state index in [0.717, 1.165) is 12.8 Å². The normalized spacial score (nSPS) is 11.9. The van der Waals surface area contributed by atoms with Gasteiger partial charge in [-0.2, -0.15) is 15.0 Å². The number of hydrogen-bond donors (Lipinski definition) is 1. The van der Waals surface area contributed by atoms with Gasteiger partial charge in [0.2, 0.25) is 16.5 Å². The van der Waals surface area contributed by atoms with Gasteiger partial charge in [-0.25, -0.2) is 0 Å². The van der Waals surface area contributed by atoms with E-state index in [9.17, 15) is 0 Å². The van der Waals surface area contributed by atoms with Gasteiger partial charge in [0.1, 0.15) is 0 Å². The number of aromatic nitrogens is 3. The monoisotopic (exact) mass is 244 g/mol. The summed E-state index contributed by atoms with van der Waals surface area (Å²) >= 11 is 11.2. The molecule has 1 unspecified atom stereocenters. The summed E-state index contributed by atoms with van der Waals surface area (Å²) in [5, 5.41) is 3.04. The first-order valence-corrected chi connectivity index (χ1v) is 5.21. The second kappa shape index (κ2) is 5.74. The maximum Gasteiger partial charge on any atom is 0.229 e. The maximum absolute atomic E-state index is 5.62. The van der Waals surface area contributed by atoms with Crippen molar-refractivity contribution in [3.8, 4) is 12.3 Å². The van der Waals surface area contributed by atoms with Gasteiger partial charge in [0.25, 0.3) is 0 Å². The molecule has 0 aliphatic rings. The first-order chi connectivity index (χ1) is 7.15. The highest BCUT2D eigenvalue weighted by molar-refractivity contribution is 6.31. The van der Waals surface area contributed by atoms with E-state index < -0.39 is 0 Å². The number of nitrogens with zero attached hydrogens (tertiary/aromatic N) is 3. The van der Waals surface area contributed by atoms with Crippen molar-refractivity contribution in [3.63, 3.8) is 0 Å². The van der Waals surface area contributed by atoms with Crippen LogP contribution >= 0.6 is 23.2 Å². The fraction of sp³-hybridized carbons (Fsp3) is 0.444. The largest absolute Gasteiger partial charge is 0.340 e. The molecular formula is C9H10Cl2N4. The molecule has 1 heterocycles. The van der Waals surface area contributed by atoms with Crippen LogP contribution in [0.1, 0.15) is 19.8 Å². The highest BCUT2D eigenvalue weighted by Gasteiger charge is 2.07.